The fourth-order valence-electron chi connectivity index (χ4n) is 3.56. The Balaban J connectivity index is 1.71. The Bertz CT molecular complexity index is 1230. The predicted molar refractivity (Wildman–Crippen MR) is 140 cm³/mol. The van der Waals surface area contributed by atoms with Gasteiger partial charge in [-0.05, 0) is 61.7 Å². The van der Waals surface area contributed by atoms with Gasteiger partial charge in [-0.15, -0.1) is 10.2 Å². The fourth-order valence-corrected chi connectivity index (χ4v) is 4.50. The Hall–Kier alpha value is -3.37. The first-order chi connectivity index (χ1) is 17.2. The summed E-state index contributed by atoms with van der Waals surface area (Å²) in [6.07, 6.45) is 0.655. The number of nitrogens with one attached hydrogen (secondary N) is 2. The van der Waals surface area contributed by atoms with Crippen LogP contribution in [0.5, 0.6) is 0 Å². The summed E-state index contributed by atoms with van der Waals surface area (Å²) < 4.78 is 1.89. The molecule has 9 nitrogen and oxygen atoms in total. The van der Waals surface area contributed by atoms with E-state index in [1.54, 1.807) is 36.4 Å². The van der Waals surface area contributed by atoms with Crippen LogP contribution in [0.1, 0.15) is 59.8 Å². The molecule has 0 spiro atoms. The summed E-state index contributed by atoms with van der Waals surface area (Å²) in [7, 11) is 0. The van der Waals surface area contributed by atoms with Gasteiger partial charge in [-0.2, -0.15) is 0 Å². The van der Waals surface area contributed by atoms with E-state index in [1.165, 1.54) is 23.9 Å². The molecule has 0 saturated heterocycles. The number of aromatic carboxylic acids is 1. The zero-order valence-corrected chi connectivity index (χ0v) is 21.8. The lowest BCUT2D eigenvalue weighted by molar-refractivity contribution is -0.113. The number of aromatic nitrogens is 3. The summed E-state index contributed by atoms with van der Waals surface area (Å²) in [6, 6.07) is 12.3. The molecular weight excluding hydrogens is 502 g/mol. The summed E-state index contributed by atoms with van der Waals surface area (Å²) in [5.41, 5.74) is 0.988. The number of carbonyl (C=O) groups excluding carboxylic acids is 2. The minimum Gasteiger partial charge on any atom is -0.478 e. The summed E-state index contributed by atoms with van der Waals surface area (Å²) in [5, 5.41) is 24.6. The van der Waals surface area contributed by atoms with Crippen molar-refractivity contribution in [2.24, 2.45) is 5.92 Å². The van der Waals surface area contributed by atoms with Crippen molar-refractivity contribution in [1.82, 2.24) is 20.1 Å². The first-order valence-electron chi connectivity index (χ1n) is 11.4. The maximum absolute atomic E-state index is 12.9. The van der Waals surface area contributed by atoms with Crippen molar-refractivity contribution >= 4 is 46.8 Å². The van der Waals surface area contributed by atoms with Crippen molar-refractivity contribution in [2.75, 3.05) is 11.1 Å². The monoisotopic (exact) mass is 529 g/mol. The number of anilines is 1. The van der Waals surface area contributed by atoms with Crippen LogP contribution < -0.4 is 10.6 Å². The number of thioether (sulfide) groups is 1. The number of hydrogen-bond acceptors (Lipinski definition) is 6. The third-order valence-corrected chi connectivity index (χ3v) is 6.44. The van der Waals surface area contributed by atoms with E-state index in [9.17, 15) is 14.4 Å². The number of hydrogen-bond donors (Lipinski definition) is 3. The van der Waals surface area contributed by atoms with Crippen LogP contribution in [0, 0.1) is 5.92 Å². The van der Waals surface area contributed by atoms with Crippen molar-refractivity contribution in [3.8, 4) is 0 Å². The molecule has 0 aliphatic rings. The van der Waals surface area contributed by atoms with Crippen molar-refractivity contribution in [3.05, 3.63) is 70.5 Å². The zero-order valence-electron chi connectivity index (χ0n) is 20.2. The molecule has 0 radical (unpaired) electrons. The molecule has 3 N–H and O–H groups in total. The summed E-state index contributed by atoms with van der Waals surface area (Å²) in [6.45, 7) is 6.63. The highest BCUT2D eigenvalue weighted by atomic mass is 35.5. The number of carbonyl (C=O) groups is 3. The van der Waals surface area contributed by atoms with Gasteiger partial charge in [-0.1, -0.05) is 43.3 Å². The van der Waals surface area contributed by atoms with Gasteiger partial charge in [-0.3, -0.25) is 9.59 Å². The maximum atomic E-state index is 12.9. The van der Waals surface area contributed by atoms with Crippen LogP contribution in [0.15, 0.2) is 53.7 Å². The first kappa shape index (κ1) is 27.2. The normalized spacial score (nSPS) is 11.8. The molecular formula is C25H28ClN5O4S. The lowest BCUT2D eigenvalue weighted by Crippen LogP contribution is -2.31. The second-order valence-corrected chi connectivity index (χ2v) is 9.85. The Labute approximate surface area is 218 Å². The molecule has 0 fully saturated rings. The van der Waals surface area contributed by atoms with E-state index in [0.717, 1.165) is 0 Å². The van der Waals surface area contributed by atoms with Crippen LogP contribution in [0.4, 0.5) is 5.69 Å². The Morgan fingerprint density at radius 2 is 1.81 bits per heavy atom. The molecule has 0 aliphatic carbocycles. The van der Waals surface area contributed by atoms with E-state index in [1.807, 2.05) is 11.5 Å². The van der Waals surface area contributed by atoms with Gasteiger partial charge in [0.25, 0.3) is 5.91 Å². The highest BCUT2D eigenvalue weighted by Gasteiger charge is 2.24. The van der Waals surface area contributed by atoms with Crippen molar-refractivity contribution < 1.29 is 19.5 Å². The molecule has 2 amide bonds. The Morgan fingerprint density at radius 1 is 1.08 bits per heavy atom. The lowest BCUT2D eigenvalue weighted by atomic mass is 10.0. The Morgan fingerprint density at radius 3 is 2.44 bits per heavy atom. The van der Waals surface area contributed by atoms with Gasteiger partial charge in [0.05, 0.1) is 17.4 Å². The van der Waals surface area contributed by atoms with E-state index in [0.29, 0.717) is 40.2 Å². The molecule has 11 heteroatoms. The van der Waals surface area contributed by atoms with E-state index >= 15 is 0 Å². The first-order valence-corrected chi connectivity index (χ1v) is 12.8. The highest BCUT2D eigenvalue weighted by molar-refractivity contribution is 7.99. The lowest BCUT2D eigenvalue weighted by Gasteiger charge is -2.21. The third kappa shape index (κ3) is 7.32. The Kier molecular flexibility index (Phi) is 9.49. The van der Waals surface area contributed by atoms with Gasteiger partial charge in [0.1, 0.15) is 0 Å². The second kappa shape index (κ2) is 12.5. The summed E-state index contributed by atoms with van der Waals surface area (Å²) >= 11 is 7.16. The number of benzene rings is 2. The number of carboxylic acids is 1. The standard InChI is InChI=1S/C25H28ClN5O4S/c1-4-31-22(20(12-15(2)3)28-23(33)16-8-10-18(26)11-9-16)29-30-25(31)36-14-21(32)27-19-7-5-6-17(13-19)24(34)35/h5-11,13,15,20H,4,12,14H2,1-3H3,(H,27,32)(H,28,33)(H,34,35)/t20-/m0/s1. The predicted octanol–water partition coefficient (Wildman–Crippen LogP) is 4.90. The largest absolute Gasteiger partial charge is 0.478 e. The van der Waals surface area contributed by atoms with Gasteiger partial charge in [0.2, 0.25) is 5.91 Å². The number of halogens is 1. The van der Waals surface area contributed by atoms with Gasteiger partial charge >= 0.3 is 5.97 Å². The molecule has 0 aliphatic heterocycles. The minimum atomic E-state index is -1.07. The van der Waals surface area contributed by atoms with Gasteiger partial charge in [0, 0.05) is 22.8 Å². The topological polar surface area (TPSA) is 126 Å². The van der Waals surface area contributed by atoms with Crippen LogP contribution >= 0.6 is 23.4 Å². The van der Waals surface area contributed by atoms with Crippen LogP contribution in [-0.4, -0.2) is 43.4 Å². The van der Waals surface area contributed by atoms with E-state index in [4.69, 9.17) is 16.7 Å². The molecule has 190 valence electrons. The quantitative estimate of drug-likeness (QED) is 0.301. The fraction of sp³-hybridized carbons (Fsp3) is 0.320. The van der Waals surface area contributed by atoms with Crippen LogP contribution in [-0.2, 0) is 11.3 Å². The molecule has 1 aromatic heterocycles. The van der Waals surface area contributed by atoms with Crippen LogP contribution in [0.25, 0.3) is 0 Å². The molecule has 0 saturated carbocycles. The molecule has 1 heterocycles. The molecule has 1 atom stereocenters. The average Bonchev–Trinajstić information content (AvgIpc) is 3.25. The van der Waals surface area contributed by atoms with Crippen molar-refractivity contribution in [2.45, 2.75) is 44.9 Å². The van der Waals surface area contributed by atoms with Gasteiger partial charge in [0.15, 0.2) is 11.0 Å². The third-order valence-electron chi connectivity index (χ3n) is 5.22. The molecule has 3 rings (SSSR count). The average molecular weight is 530 g/mol. The zero-order chi connectivity index (χ0) is 26.2. The van der Waals surface area contributed by atoms with Gasteiger partial charge < -0.3 is 20.3 Å². The minimum absolute atomic E-state index is 0.0570. The van der Waals surface area contributed by atoms with Crippen LogP contribution in [0.2, 0.25) is 5.02 Å². The second-order valence-electron chi connectivity index (χ2n) is 8.47. The van der Waals surface area contributed by atoms with Gasteiger partial charge in [-0.25, -0.2) is 4.79 Å². The molecule has 2 aromatic carbocycles. The highest BCUT2D eigenvalue weighted by Crippen LogP contribution is 2.25. The number of rotatable bonds is 11. The molecule has 0 unspecified atom stereocenters. The SMILES string of the molecule is CCn1c(SCC(=O)Nc2cccc(C(=O)O)c2)nnc1[C@H](CC(C)C)NC(=O)c1ccc(Cl)cc1. The van der Waals surface area contributed by atoms with Crippen molar-refractivity contribution in [3.63, 3.8) is 0 Å². The number of amides is 2. The number of nitrogens with zero attached hydrogens (tertiary/aromatic N) is 3. The summed E-state index contributed by atoms with van der Waals surface area (Å²) in [5.74, 6) is -0.647. The summed E-state index contributed by atoms with van der Waals surface area (Å²) in [4.78, 5) is 36.5. The molecule has 3 aromatic rings. The van der Waals surface area contributed by atoms with E-state index in [-0.39, 0.29) is 35.1 Å². The van der Waals surface area contributed by atoms with Crippen molar-refractivity contribution in [1.29, 1.82) is 0 Å². The van der Waals surface area contributed by atoms with Crippen LogP contribution in [0.3, 0.4) is 0 Å². The van der Waals surface area contributed by atoms with E-state index < -0.39 is 5.97 Å². The smallest absolute Gasteiger partial charge is 0.335 e. The maximum Gasteiger partial charge on any atom is 0.335 e. The number of carboxylic acid groups (broad SMARTS) is 1. The molecule has 0 bridgehead atoms. The molecule has 36 heavy (non-hydrogen) atoms. The van der Waals surface area contributed by atoms with E-state index in [2.05, 4.69) is 34.7 Å².